The topological polar surface area (TPSA) is 85.5 Å². The minimum absolute atomic E-state index is 0.387. The van der Waals surface area contributed by atoms with E-state index in [1.807, 2.05) is 18.2 Å². The van der Waals surface area contributed by atoms with Gasteiger partial charge in [0.2, 0.25) is 11.8 Å². The van der Waals surface area contributed by atoms with E-state index in [1.54, 1.807) is 10.8 Å². The van der Waals surface area contributed by atoms with Crippen molar-refractivity contribution in [2.24, 2.45) is 5.92 Å². The molecule has 7 nitrogen and oxygen atoms in total. The Bertz CT molecular complexity index is 874. The van der Waals surface area contributed by atoms with Crippen LogP contribution in [0.15, 0.2) is 28.9 Å². The van der Waals surface area contributed by atoms with Gasteiger partial charge in [-0.3, -0.25) is 0 Å². The molecule has 3 aromatic rings. The van der Waals surface area contributed by atoms with Gasteiger partial charge in [-0.2, -0.15) is 4.52 Å². The van der Waals surface area contributed by atoms with E-state index in [2.05, 4.69) is 20.0 Å². The first-order chi connectivity index (χ1) is 12.3. The molecule has 2 N–H and O–H groups in total. The largest absolute Gasteiger partial charge is 0.461 e. The number of anilines is 1. The van der Waals surface area contributed by atoms with Gasteiger partial charge in [0, 0.05) is 18.5 Å². The summed E-state index contributed by atoms with van der Waals surface area (Å²) in [7, 11) is 0. The Balaban J connectivity index is 1.38. The van der Waals surface area contributed by atoms with Crippen LogP contribution < -0.4 is 5.73 Å². The number of aromatic nitrogens is 4. The van der Waals surface area contributed by atoms with Crippen molar-refractivity contribution in [2.75, 3.05) is 25.4 Å². The lowest BCUT2D eigenvalue weighted by atomic mass is 9.93. The van der Waals surface area contributed by atoms with Crippen molar-refractivity contribution in [3.8, 4) is 11.6 Å². The monoisotopic (exact) mass is 338 g/mol. The molecule has 0 unspecified atom stereocenters. The molecule has 1 saturated carbocycles. The molecule has 1 aliphatic carbocycles. The normalized spacial score (nSPS) is 19.7. The van der Waals surface area contributed by atoms with Gasteiger partial charge in [0.25, 0.3) is 0 Å². The third-order valence-corrected chi connectivity index (χ3v) is 5.33. The minimum Gasteiger partial charge on any atom is -0.461 e. The molecule has 0 amide bonds. The quantitative estimate of drug-likeness (QED) is 0.787. The van der Waals surface area contributed by atoms with Crippen molar-refractivity contribution in [1.29, 1.82) is 0 Å². The van der Waals surface area contributed by atoms with Crippen molar-refractivity contribution in [1.82, 2.24) is 24.5 Å². The fraction of sp³-hybridized carbons (Fsp3) is 0.500. The highest BCUT2D eigenvalue weighted by molar-refractivity contribution is 5.54. The summed E-state index contributed by atoms with van der Waals surface area (Å²) in [5.41, 5.74) is 7.91. The number of fused-ring (bicyclic) bond motifs is 1. The smallest absolute Gasteiger partial charge is 0.223 e. The van der Waals surface area contributed by atoms with Crippen LogP contribution in [0.4, 0.5) is 5.95 Å². The SMILES string of the molecule is Nc1nc(C2CCN(CC3CC3)CC2)cc2nc(-c3ccco3)nn12. The molecule has 7 heteroatoms. The zero-order valence-corrected chi connectivity index (χ0v) is 14.1. The average Bonchev–Trinajstić information content (AvgIpc) is 3.12. The number of furan rings is 1. The summed E-state index contributed by atoms with van der Waals surface area (Å²) < 4.78 is 6.97. The van der Waals surface area contributed by atoms with E-state index in [1.165, 1.54) is 19.4 Å². The number of rotatable bonds is 4. The number of nitrogens with zero attached hydrogens (tertiary/aromatic N) is 5. The Hall–Kier alpha value is -2.41. The maximum Gasteiger partial charge on any atom is 0.223 e. The highest BCUT2D eigenvalue weighted by Crippen LogP contribution is 2.33. The van der Waals surface area contributed by atoms with Crippen LogP contribution in [0.1, 0.15) is 37.3 Å². The van der Waals surface area contributed by atoms with Crippen molar-refractivity contribution >= 4 is 11.6 Å². The third-order valence-electron chi connectivity index (χ3n) is 5.33. The molecular formula is C18H22N6O. The van der Waals surface area contributed by atoms with E-state index in [9.17, 15) is 0 Å². The lowest BCUT2D eigenvalue weighted by Crippen LogP contribution is -2.34. The number of hydrogen-bond donors (Lipinski definition) is 1. The molecule has 1 aliphatic heterocycles. The van der Waals surface area contributed by atoms with Crippen molar-refractivity contribution in [2.45, 2.75) is 31.6 Å². The highest BCUT2D eigenvalue weighted by Gasteiger charge is 2.28. The maximum absolute atomic E-state index is 6.14. The Morgan fingerprint density at radius 1 is 1.16 bits per heavy atom. The van der Waals surface area contributed by atoms with Crippen LogP contribution >= 0.6 is 0 Å². The predicted octanol–water partition coefficient (Wildman–Crippen LogP) is 2.56. The van der Waals surface area contributed by atoms with Gasteiger partial charge in [-0.05, 0) is 56.8 Å². The fourth-order valence-corrected chi connectivity index (χ4v) is 3.73. The lowest BCUT2D eigenvalue weighted by Gasteiger charge is -2.31. The molecule has 0 bridgehead atoms. The summed E-state index contributed by atoms with van der Waals surface area (Å²) in [6, 6.07) is 5.69. The van der Waals surface area contributed by atoms with Gasteiger partial charge in [0.15, 0.2) is 11.4 Å². The summed E-state index contributed by atoms with van der Waals surface area (Å²) in [6.07, 6.45) is 6.71. The van der Waals surface area contributed by atoms with Crippen LogP contribution in [0.3, 0.4) is 0 Å². The second-order valence-electron chi connectivity index (χ2n) is 7.24. The van der Waals surface area contributed by atoms with E-state index in [4.69, 9.17) is 10.2 Å². The van der Waals surface area contributed by atoms with Crippen molar-refractivity contribution < 1.29 is 4.42 Å². The van der Waals surface area contributed by atoms with Gasteiger partial charge < -0.3 is 15.1 Å². The number of hydrogen-bond acceptors (Lipinski definition) is 6. The van der Waals surface area contributed by atoms with Gasteiger partial charge in [0.1, 0.15) is 0 Å². The van der Waals surface area contributed by atoms with Crippen LogP contribution in [-0.4, -0.2) is 44.1 Å². The molecule has 130 valence electrons. The second kappa shape index (κ2) is 5.84. The van der Waals surface area contributed by atoms with Gasteiger partial charge >= 0.3 is 0 Å². The molecule has 0 radical (unpaired) electrons. The zero-order valence-electron chi connectivity index (χ0n) is 14.1. The summed E-state index contributed by atoms with van der Waals surface area (Å²) in [4.78, 5) is 11.8. The van der Waals surface area contributed by atoms with Gasteiger partial charge in [-0.25, -0.2) is 9.97 Å². The molecule has 25 heavy (non-hydrogen) atoms. The van der Waals surface area contributed by atoms with E-state index < -0.39 is 0 Å². The summed E-state index contributed by atoms with van der Waals surface area (Å²) >= 11 is 0. The van der Waals surface area contributed by atoms with Gasteiger partial charge in [-0.1, -0.05) is 0 Å². The van der Waals surface area contributed by atoms with Crippen molar-refractivity contribution in [3.05, 3.63) is 30.2 Å². The number of nitrogens with two attached hydrogens (primary N) is 1. The fourth-order valence-electron chi connectivity index (χ4n) is 3.73. The summed E-state index contributed by atoms with van der Waals surface area (Å²) in [5, 5.41) is 4.41. The Labute approximate surface area is 145 Å². The lowest BCUT2D eigenvalue weighted by molar-refractivity contribution is 0.203. The standard InChI is InChI=1S/C18H22N6O/c19-18-20-14(13-5-7-23(8-6-13)11-12-3-4-12)10-16-21-17(22-24(16)18)15-2-1-9-25-15/h1-2,9-10,12-13H,3-8,11H2,(H2,19,20). The molecule has 0 aromatic carbocycles. The summed E-state index contributed by atoms with van der Waals surface area (Å²) in [5.74, 6) is 2.97. The van der Waals surface area contributed by atoms with Crippen LogP contribution in [0, 0.1) is 5.92 Å². The summed E-state index contributed by atoms with van der Waals surface area (Å²) in [6.45, 7) is 3.58. The van der Waals surface area contributed by atoms with E-state index >= 15 is 0 Å². The molecular weight excluding hydrogens is 316 g/mol. The molecule has 2 aliphatic rings. The van der Waals surface area contributed by atoms with Gasteiger partial charge in [-0.15, -0.1) is 5.10 Å². The van der Waals surface area contributed by atoms with E-state index in [0.717, 1.165) is 43.2 Å². The molecule has 0 spiro atoms. The van der Waals surface area contributed by atoms with Crippen LogP contribution in [0.2, 0.25) is 0 Å². The zero-order chi connectivity index (χ0) is 16.8. The molecule has 3 aromatic heterocycles. The molecule has 5 rings (SSSR count). The number of likely N-dealkylation sites (tertiary alicyclic amines) is 1. The number of nitrogen functional groups attached to an aromatic ring is 1. The average molecular weight is 338 g/mol. The Morgan fingerprint density at radius 3 is 2.72 bits per heavy atom. The van der Waals surface area contributed by atoms with Crippen LogP contribution in [-0.2, 0) is 0 Å². The molecule has 2 fully saturated rings. The second-order valence-corrected chi connectivity index (χ2v) is 7.24. The minimum atomic E-state index is 0.387. The molecule has 0 atom stereocenters. The van der Waals surface area contributed by atoms with E-state index in [-0.39, 0.29) is 0 Å². The first kappa shape index (κ1) is 14.9. The highest BCUT2D eigenvalue weighted by atomic mass is 16.3. The van der Waals surface area contributed by atoms with Crippen LogP contribution in [0.25, 0.3) is 17.2 Å². The maximum atomic E-state index is 6.14. The van der Waals surface area contributed by atoms with E-state index in [0.29, 0.717) is 23.5 Å². The predicted molar refractivity (Wildman–Crippen MR) is 94.0 cm³/mol. The molecule has 1 saturated heterocycles. The third kappa shape index (κ3) is 2.89. The first-order valence-electron chi connectivity index (χ1n) is 9.06. The van der Waals surface area contributed by atoms with Crippen molar-refractivity contribution in [3.63, 3.8) is 0 Å². The van der Waals surface area contributed by atoms with Gasteiger partial charge in [0.05, 0.1) is 12.0 Å². The number of piperidine rings is 1. The molecule has 4 heterocycles. The Morgan fingerprint density at radius 2 is 2.00 bits per heavy atom. The van der Waals surface area contributed by atoms with Crippen LogP contribution in [0.5, 0.6) is 0 Å². The first-order valence-corrected chi connectivity index (χ1v) is 9.06. The Kier molecular flexibility index (Phi) is 3.48.